The Bertz CT molecular complexity index is 486. The van der Waals surface area contributed by atoms with E-state index in [2.05, 4.69) is 34.6 Å². The summed E-state index contributed by atoms with van der Waals surface area (Å²) in [5, 5.41) is 4.76. The lowest BCUT2D eigenvalue weighted by atomic mass is 10.2. The quantitative estimate of drug-likeness (QED) is 0.901. The van der Waals surface area contributed by atoms with E-state index < -0.39 is 0 Å². The first-order valence-corrected chi connectivity index (χ1v) is 7.47. The van der Waals surface area contributed by atoms with Crippen LogP contribution < -0.4 is 5.32 Å². The van der Waals surface area contributed by atoms with Gasteiger partial charge in [0.05, 0.1) is 0 Å². The lowest BCUT2D eigenvalue weighted by Gasteiger charge is -2.09. The van der Waals surface area contributed by atoms with Gasteiger partial charge in [-0.2, -0.15) is 0 Å². The Labute approximate surface area is 112 Å². The number of nitrogens with zero attached hydrogens (tertiary/aromatic N) is 1. The highest BCUT2D eigenvalue weighted by Crippen LogP contribution is 2.25. The summed E-state index contributed by atoms with van der Waals surface area (Å²) in [6.45, 7) is 0.967. The molecule has 0 atom stereocenters. The molecular formula is C15H18N2S. The lowest BCUT2D eigenvalue weighted by molar-refractivity contribution is 0.527. The molecule has 1 aliphatic carbocycles. The van der Waals surface area contributed by atoms with Gasteiger partial charge >= 0.3 is 0 Å². The molecule has 3 heteroatoms. The highest BCUT2D eigenvalue weighted by atomic mass is 32.1. The molecule has 1 aromatic carbocycles. The van der Waals surface area contributed by atoms with Crippen LogP contribution in [-0.4, -0.2) is 11.0 Å². The fourth-order valence-electron chi connectivity index (χ4n) is 2.48. The number of rotatable bonds is 4. The third kappa shape index (κ3) is 2.79. The Morgan fingerprint density at radius 1 is 1.17 bits per heavy atom. The van der Waals surface area contributed by atoms with Crippen LogP contribution in [0.2, 0.25) is 0 Å². The van der Waals surface area contributed by atoms with Crippen molar-refractivity contribution in [2.75, 3.05) is 0 Å². The van der Waals surface area contributed by atoms with Crippen molar-refractivity contribution < 1.29 is 0 Å². The van der Waals surface area contributed by atoms with E-state index in [0.717, 1.165) is 17.6 Å². The van der Waals surface area contributed by atoms with Crippen LogP contribution in [0.4, 0.5) is 0 Å². The molecule has 1 saturated carbocycles. The molecule has 94 valence electrons. The smallest absolute Gasteiger partial charge is 0.123 e. The zero-order valence-corrected chi connectivity index (χ0v) is 11.2. The van der Waals surface area contributed by atoms with E-state index >= 15 is 0 Å². The average molecular weight is 258 g/mol. The summed E-state index contributed by atoms with van der Waals surface area (Å²) >= 11 is 1.80. The van der Waals surface area contributed by atoms with Crippen molar-refractivity contribution in [2.24, 2.45) is 0 Å². The molecule has 1 fully saturated rings. The summed E-state index contributed by atoms with van der Waals surface area (Å²) in [5.41, 5.74) is 1.22. The van der Waals surface area contributed by atoms with Crippen LogP contribution in [0.5, 0.6) is 0 Å². The van der Waals surface area contributed by atoms with Gasteiger partial charge in [0.2, 0.25) is 0 Å². The molecule has 0 amide bonds. The summed E-state index contributed by atoms with van der Waals surface area (Å²) < 4.78 is 0. The number of nitrogens with one attached hydrogen (secondary N) is 1. The second-order valence-corrected chi connectivity index (χ2v) is 5.98. The molecule has 1 N–H and O–H groups in total. The van der Waals surface area contributed by atoms with E-state index in [1.165, 1.54) is 36.1 Å². The van der Waals surface area contributed by atoms with Crippen LogP contribution in [0.1, 0.15) is 30.6 Å². The molecule has 1 aliphatic rings. The largest absolute Gasteiger partial charge is 0.309 e. The summed E-state index contributed by atoms with van der Waals surface area (Å²) in [5.74, 6) is 0. The first-order valence-electron chi connectivity index (χ1n) is 6.65. The van der Waals surface area contributed by atoms with Crippen LogP contribution in [0.3, 0.4) is 0 Å². The van der Waals surface area contributed by atoms with Gasteiger partial charge in [0, 0.05) is 29.2 Å². The number of hydrogen-bond acceptors (Lipinski definition) is 3. The molecular weight excluding hydrogens is 240 g/mol. The van der Waals surface area contributed by atoms with Crippen molar-refractivity contribution in [3.05, 3.63) is 41.4 Å². The monoisotopic (exact) mass is 258 g/mol. The molecule has 1 aromatic heterocycles. The maximum Gasteiger partial charge on any atom is 0.123 e. The predicted molar refractivity (Wildman–Crippen MR) is 76.6 cm³/mol. The Balaban J connectivity index is 1.63. The summed E-state index contributed by atoms with van der Waals surface area (Å²) in [6, 6.07) is 11.1. The lowest BCUT2D eigenvalue weighted by Crippen LogP contribution is -2.24. The second-order valence-electron chi connectivity index (χ2n) is 4.86. The molecule has 0 unspecified atom stereocenters. The summed E-state index contributed by atoms with van der Waals surface area (Å²) in [7, 11) is 0. The number of benzene rings is 1. The van der Waals surface area contributed by atoms with Crippen molar-refractivity contribution in [3.8, 4) is 10.6 Å². The minimum Gasteiger partial charge on any atom is -0.309 e. The first-order chi connectivity index (χ1) is 8.92. The van der Waals surface area contributed by atoms with Gasteiger partial charge in [-0.15, -0.1) is 11.3 Å². The molecule has 1 heterocycles. The SMILES string of the molecule is c1ccc(-c2ncc(CNC3CCCC3)s2)cc1. The highest BCUT2D eigenvalue weighted by molar-refractivity contribution is 7.15. The maximum atomic E-state index is 4.51. The van der Waals surface area contributed by atoms with Gasteiger partial charge in [0.1, 0.15) is 5.01 Å². The van der Waals surface area contributed by atoms with Gasteiger partial charge in [-0.25, -0.2) is 4.98 Å². The van der Waals surface area contributed by atoms with Gasteiger partial charge < -0.3 is 5.32 Å². The third-order valence-electron chi connectivity index (χ3n) is 3.49. The number of aromatic nitrogens is 1. The minimum absolute atomic E-state index is 0.729. The fraction of sp³-hybridized carbons (Fsp3) is 0.400. The van der Waals surface area contributed by atoms with Crippen LogP contribution >= 0.6 is 11.3 Å². The Morgan fingerprint density at radius 3 is 2.72 bits per heavy atom. The van der Waals surface area contributed by atoms with E-state index in [1.807, 2.05) is 12.3 Å². The van der Waals surface area contributed by atoms with Crippen molar-refractivity contribution >= 4 is 11.3 Å². The Kier molecular flexibility index (Phi) is 3.72. The minimum atomic E-state index is 0.729. The first kappa shape index (κ1) is 11.9. The number of thiazole rings is 1. The molecule has 2 nitrogen and oxygen atoms in total. The maximum absolute atomic E-state index is 4.51. The summed E-state index contributed by atoms with van der Waals surface area (Å²) in [6.07, 6.45) is 7.45. The Morgan fingerprint density at radius 2 is 1.94 bits per heavy atom. The third-order valence-corrected chi connectivity index (χ3v) is 4.54. The van der Waals surface area contributed by atoms with E-state index in [-0.39, 0.29) is 0 Å². The fourth-order valence-corrected chi connectivity index (χ4v) is 3.35. The molecule has 0 spiro atoms. The molecule has 0 aliphatic heterocycles. The summed E-state index contributed by atoms with van der Waals surface area (Å²) in [4.78, 5) is 5.84. The van der Waals surface area contributed by atoms with Crippen LogP contribution in [-0.2, 0) is 6.54 Å². The van der Waals surface area contributed by atoms with Crippen molar-refractivity contribution in [1.82, 2.24) is 10.3 Å². The van der Waals surface area contributed by atoms with Gasteiger partial charge in [0.25, 0.3) is 0 Å². The topological polar surface area (TPSA) is 24.9 Å². The Hall–Kier alpha value is -1.19. The van der Waals surface area contributed by atoms with Crippen LogP contribution in [0.15, 0.2) is 36.5 Å². The molecule has 0 bridgehead atoms. The van der Waals surface area contributed by atoms with Gasteiger partial charge in [-0.05, 0) is 12.8 Å². The molecule has 0 radical (unpaired) electrons. The van der Waals surface area contributed by atoms with Crippen molar-refractivity contribution in [3.63, 3.8) is 0 Å². The highest BCUT2D eigenvalue weighted by Gasteiger charge is 2.14. The molecule has 3 rings (SSSR count). The average Bonchev–Trinajstić information content (AvgIpc) is 3.09. The van der Waals surface area contributed by atoms with E-state index in [0.29, 0.717) is 0 Å². The predicted octanol–water partition coefficient (Wildman–Crippen LogP) is 3.84. The molecule has 18 heavy (non-hydrogen) atoms. The van der Waals surface area contributed by atoms with E-state index in [9.17, 15) is 0 Å². The van der Waals surface area contributed by atoms with Crippen molar-refractivity contribution in [2.45, 2.75) is 38.3 Å². The standard InChI is InChI=1S/C15H18N2S/c1-2-6-12(7-3-1)15-17-11-14(18-15)10-16-13-8-4-5-9-13/h1-3,6-7,11,13,16H,4-5,8-10H2. The second kappa shape index (κ2) is 5.63. The normalized spacial score (nSPS) is 16.2. The molecule has 0 saturated heterocycles. The zero-order chi connectivity index (χ0) is 12.2. The van der Waals surface area contributed by atoms with Gasteiger partial charge in [0.15, 0.2) is 0 Å². The molecule has 2 aromatic rings. The van der Waals surface area contributed by atoms with Crippen LogP contribution in [0.25, 0.3) is 10.6 Å². The van der Waals surface area contributed by atoms with Gasteiger partial charge in [-0.3, -0.25) is 0 Å². The van der Waals surface area contributed by atoms with Crippen molar-refractivity contribution in [1.29, 1.82) is 0 Å². The van der Waals surface area contributed by atoms with Crippen LogP contribution in [0, 0.1) is 0 Å². The van der Waals surface area contributed by atoms with E-state index in [1.54, 1.807) is 11.3 Å². The number of hydrogen-bond donors (Lipinski definition) is 1. The van der Waals surface area contributed by atoms with E-state index in [4.69, 9.17) is 0 Å². The zero-order valence-electron chi connectivity index (χ0n) is 10.4. The van der Waals surface area contributed by atoms with Gasteiger partial charge in [-0.1, -0.05) is 43.2 Å².